The first-order valence-electron chi connectivity index (χ1n) is 6.74. The van der Waals surface area contributed by atoms with Gasteiger partial charge in [-0.05, 0) is 70.6 Å². The molecule has 2 heterocycles. The quantitative estimate of drug-likeness (QED) is 0.751. The van der Waals surface area contributed by atoms with Crippen molar-refractivity contribution in [1.29, 1.82) is 0 Å². The van der Waals surface area contributed by atoms with Gasteiger partial charge in [-0.15, -0.1) is 0 Å². The van der Waals surface area contributed by atoms with Gasteiger partial charge in [-0.2, -0.15) is 0 Å². The Morgan fingerprint density at radius 2 is 1.87 bits per heavy atom. The van der Waals surface area contributed by atoms with Gasteiger partial charge in [-0.3, -0.25) is 0 Å². The highest BCUT2D eigenvalue weighted by molar-refractivity contribution is 4.75. The molecule has 2 aliphatic rings. The van der Waals surface area contributed by atoms with Gasteiger partial charge in [-0.25, -0.2) is 0 Å². The predicted octanol–water partition coefficient (Wildman–Crippen LogP) is 2.11. The molecule has 0 bridgehead atoms. The fraction of sp³-hybridized carbons (Fsp3) is 1.00. The van der Waals surface area contributed by atoms with E-state index < -0.39 is 0 Å². The van der Waals surface area contributed by atoms with E-state index >= 15 is 0 Å². The van der Waals surface area contributed by atoms with Crippen LogP contribution in [0.15, 0.2) is 0 Å². The van der Waals surface area contributed by atoms with Crippen molar-refractivity contribution < 1.29 is 0 Å². The van der Waals surface area contributed by atoms with Crippen LogP contribution in [0.25, 0.3) is 0 Å². The SMILES string of the molecule is CN1CCCCC(CC2CCNCC2)C1. The molecule has 0 aliphatic carbocycles. The van der Waals surface area contributed by atoms with Gasteiger partial charge < -0.3 is 10.2 Å². The summed E-state index contributed by atoms with van der Waals surface area (Å²) in [6.45, 7) is 5.19. The van der Waals surface area contributed by atoms with Crippen molar-refractivity contribution in [3.63, 3.8) is 0 Å². The number of rotatable bonds is 2. The summed E-state index contributed by atoms with van der Waals surface area (Å²) in [4.78, 5) is 2.54. The second-order valence-corrected chi connectivity index (χ2v) is 5.55. The fourth-order valence-corrected chi connectivity index (χ4v) is 3.22. The molecule has 2 saturated heterocycles. The van der Waals surface area contributed by atoms with Crippen molar-refractivity contribution in [2.45, 2.75) is 38.5 Å². The minimum Gasteiger partial charge on any atom is -0.317 e. The second kappa shape index (κ2) is 5.86. The van der Waals surface area contributed by atoms with Crippen molar-refractivity contribution in [3.8, 4) is 0 Å². The molecule has 0 radical (unpaired) electrons. The minimum atomic E-state index is 0.987. The van der Waals surface area contributed by atoms with E-state index in [1.807, 2.05) is 0 Å². The lowest BCUT2D eigenvalue weighted by atomic mass is 9.86. The van der Waals surface area contributed by atoms with E-state index in [0.29, 0.717) is 0 Å². The fourth-order valence-electron chi connectivity index (χ4n) is 3.22. The molecule has 2 nitrogen and oxygen atoms in total. The Bertz CT molecular complexity index is 175. The molecule has 0 amide bonds. The van der Waals surface area contributed by atoms with Crippen molar-refractivity contribution >= 4 is 0 Å². The number of hydrogen-bond acceptors (Lipinski definition) is 2. The molecule has 0 spiro atoms. The Morgan fingerprint density at radius 1 is 1.07 bits per heavy atom. The Hall–Kier alpha value is -0.0800. The molecule has 1 atom stereocenters. The van der Waals surface area contributed by atoms with Gasteiger partial charge in [0.15, 0.2) is 0 Å². The van der Waals surface area contributed by atoms with Gasteiger partial charge in [-0.1, -0.05) is 6.42 Å². The third-order valence-corrected chi connectivity index (χ3v) is 4.10. The number of piperidine rings is 1. The summed E-state index contributed by atoms with van der Waals surface area (Å²) in [5.74, 6) is 2.00. The number of likely N-dealkylation sites (tertiary alicyclic amines) is 1. The highest BCUT2D eigenvalue weighted by atomic mass is 15.1. The van der Waals surface area contributed by atoms with Gasteiger partial charge in [0.1, 0.15) is 0 Å². The molecule has 0 aromatic carbocycles. The Morgan fingerprint density at radius 3 is 2.67 bits per heavy atom. The summed E-state index contributed by atoms with van der Waals surface area (Å²) < 4.78 is 0. The summed E-state index contributed by atoms with van der Waals surface area (Å²) >= 11 is 0. The van der Waals surface area contributed by atoms with Crippen LogP contribution >= 0.6 is 0 Å². The van der Waals surface area contributed by atoms with Gasteiger partial charge in [0.2, 0.25) is 0 Å². The third-order valence-electron chi connectivity index (χ3n) is 4.10. The topological polar surface area (TPSA) is 15.3 Å². The molecule has 0 saturated carbocycles. The molecule has 15 heavy (non-hydrogen) atoms. The number of nitrogens with zero attached hydrogens (tertiary/aromatic N) is 1. The standard InChI is InChI=1S/C13H26N2/c1-15-9-3-2-4-13(11-15)10-12-5-7-14-8-6-12/h12-14H,2-11H2,1H3. The van der Waals surface area contributed by atoms with Crippen LogP contribution in [0.4, 0.5) is 0 Å². The maximum atomic E-state index is 3.46. The molecule has 2 heteroatoms. The second-order valence-electron chi connectivity index (χ2n) is 5.55. The van der Waals surface area contributed by atoms with E-state index in [4.69, 9.17) is 0 Å². The normalized spacial score (nSPS) is 31.4. The molecular weight excluding hydrogens is 184 g/mol. The molecule has 2 fully saturated rings. The van der Waals surface area contributed by atoms with Gasteiger partial charge in [0, 0.05) is 6.54 Å². The molecule has 0 aromatic heterocycles. The van der Waals surface area contributed by atoms with E-state index in [1.165, 1.54) is 64.7 Å². The molecule has 1 unspecified atom stereocenters. The van der Waals surface area contributed by atoms with Crippen LogP contribution in [0.3, 0.4) is 0 Å². The molecule has 88 valence electrons. The van der Waals surface area contributed by atoms with Crippen LogP contribution < -0.4 is 5.32 Å². The van der Waals surface area contributed by atoms with E-state index in [0.717, 1.165) is 11.8 Å². The maximum absolute atomic E-state index is 3.46. The summed E-state index contributed by atoms with van der Waals surface area (Å²) in [6.07, 6.45) is 8.68. The summed E-state index contributed by atoms with van der Waals surface area (Å²) in [5, 5.41) is 3.46. The largest absolute Gasteiger partial charge is 0.317 e. The highest BCUT2D eigenvalue weighted by Crippen LogP contribution is 2.26. The van der Waals surface area contributed by atoms with E-state index in [9.17, 15) is 0 Å². The first kappa shape index (κ1) is 11.4. The highest BCUT2D eigenvalue weighted by Gasteiger charge is 2.21. The Balaban J connectivity index is 1.76. The maximum Gasteiger partial charge on any atom is 0.000671 e. The van der Waals surface area contributed by atoms with Crippen LogP contribution in [0.1, 0.15) is 38.5 Å². The first-order chi connectivity index (χ1) is 7.34. The smallest absolute Gasteiger partial charge is 0.000671 e. The predicted molar refractivity (Wildman–Crippen MR) is 65.0 cm³/mol. The minimum absolute atomic E-state index is 0.987. The number of hydrogen-bond donors (Lipinski definition) is 1. The summed E-state index contributed by atoms with van der Waals surface area (Å²) in [7, 11) is 2.29. The zero-order chi connectivity index (χ0) is 10.5. The molecular formula is C13H26N2. The molecule has 2 rings (SSSR count). The van der Waals surface area contributed by atoms with Crippen molar-refractivity contribution in [1.82, 2.24) is 10.2 Å². The lowest BCUT2D eigenvalue weighted by Crippen LogP contribution is -2.31. The number of nitrogens with one attached hydrogen (secondary N) is 1. The average molecular weight is 210 g/mol. The lowest BCUT2D eigenvalue weighted by molar-refractivity contribution is 0.240. The van der Waals surface area contributed by atoms with Gasteiger partial charge in [0.05, 0.1) is 0 Å². The van der Waals surface area contributed by atoms with Crippen LogP contribution in [-0.2, 0) is 0 Å². The van der Waals surface area contributed by atoms with Crippen molar-refractivity contribution in [2.24, 2.45) is 11.8 Å². The molecule has 1 N–H and O–H groups in total. The van der Waals surface area contributed by atoms with Crippen LogP contribution in [0.5, 0.6) is 0 Å². The third kappa shape index (κ3) is 3.76. The van der Waals surface area contributed by atoms with Crippen molar-refractivity contribution in [2.75, 3.05) is 33.2 Å². The average Bonchev–Trinajstić information content (AvgIpc) is 2.44. The van der Waals surface area contributed by atoms with E-state index in [-0.39, 0.29) is 0 Å². The Kier molecular flexibility index (Phi) is 4.45. The lowest BCUT2D eigenvalue weighted by Gasteiger charge is -2.28. The van der Waals surface area contributed by atoms with Crippen LogP contribution in [0.2, 0.25) is 0 Å². The van der Waals surface area contributed by atoms with Crippen LogP contribution in [0, 0.1) is 11.8 Å². The van der Waals surface area contributed by atoms with Gasteiger partial charge in [0.25, 0.3) is 0 Å². The monoisotopic (exact) mass is 210 g/mol. The summed E-state index contributed by atoms with van der Waals surface area (Å²) in [6, 6.07) is 0. The first-order valence-corrected chi connectivity index (χ1v) is 6.74. The molecule has 0 aromatic rings. The van der Waals surface area contributed by atoms with Gasteiger partial charge >= 0.3 is 0 Å². The van der Waals surface area contributed by atoms with E-state index in [1.54, 1.807) is 0 Å². The molecule has 2 aliphatic heterocycles. The zero-order valence-corrected chi connectivity index (χ0v) is 10.2. The van der Waals surface area contributed by atoms with E-state index in [2.05, 4.69) is 17.3 Å². The summed E-state index contributed by atoms with van der Waals surface area (Å²) in [5.41, 5.74) is 0. The Labute approximate surface area is 94.4 Å². The van der Waals surface area contributed by atoms with Crippen LogP contribution in [-0.4, -0.2) is 38.1 Å². The van der Waals surface area contributed by atoms with Crippen molar-refractivity contribution in [3.05, 3.63) is 0 Å². The zero-order valence-electron chi connectivity index (χ0n) is 10.2.